The van der Waals surface area contributed by atoms with E-state index in [1.54, 1.807) is 25.3 Å². The molecule has 0 aliphatic heterocycles. The summed E-state index contributed by atoms with van der Waals surface area (Å²) in [5, 5.41) is 8.24. The molecule has 0 spiro atoms. The Bertz CT molecular complexity index is 460. The van der Waals surface area contributed by atoms with E-state index in [0.717, 1.165) is 0 Å². The van der Waals surface area contributed by atoms with Crippen LogP contribution >= 0.6 is 0 Å². The van der Waals surface area contributed by atoms with Crippen LogP contribution in [0.15, 0.2) is 29.2 Å². The van der Waals surface area contributed by atoms with E-state index in [2.05, 4.69) is 5.32 Å². The highest BCUT2D eigenvalue weighted by molar-refractivity contribution is 7.89. The first-order valence-corrected chi connectivity index (χ1v) is 6.80. The van der Waals surface area contributed by atoms with Crippen molar-refractivity contribution in [2.75, 3.05) is 20.8 Å². The molecule has 0 aliphatic rings. The molecule has 1 aromatic carbocycles. The molecule has 17 heavy (non-hydrogen) atoms. The number of nitrogens with two attached hydrogens (primary N) is 1. The van der Waals surface area contributed by atoms with Gasteiger partial charge in [0.25, 0.3) is 0 Å². The minimum absolute atomic E-state index is 0.0582. The molecule has 0 bridgehead atoms. The molecule has 0 fully saturated rings. The first-order valence-electron chi connectivity index (χ1n) is 5.26. The summed E-state index contributed by atoms with van der Waals surface area (Å²) >= 11 is 0. The van der Waals surface area contributed by atoms with E-state index in [1.807, 2.05) is 7.05 Å². The number of hydrogen-bond acceptors (Lipinski definition) is 4. The van der Waals surface area contributed by atoms with Gasteiger partial charge in [0.1, 0.15) is 0 Å². The van der Waals surface area contributed by atoms with Gasteiger partial charge < -0.3 is 10.1 Å². The van der Waals surface area contributed by atoms with E-state index < -0.39 is 10.0 Å². The predicted octanol–water partition coefficient (Wildman–Crippen LogP) is 0.111. The lowest BCUT2D eigenvalue weighted by Gasteiger charge is -2.16. The number of primary sulfonamides is 1. The topological polar surface area (TPSA) is 81.4 Å². The molecule has 1 unspecified atom stereocenters. The lowest BCUT2D eigenvalue weighted by atomic mass is 10.1. The van der Waals surface area contributed by atoms with E-state index in [4.69, 9.17) is 9.88 Å². The largest absolute Gasteiger partial charge is 0.383 e. The summed E-state index contributed by atoms with van der Waals surface area (Å²) in [6.07, 6.45) is 0.553. The molecule has 0 radical (unpaired) electrons. The number of methoxy groups -OCH3 is 1. The van der Waals surface area contributed by atoms with E-state index >= 15 is 0 Å². The highest BCUT2D eigenvalue weighted by Gasteiger charge is 2.16. The van der Waals surface area contributed by atoms with E-state index in [1.165, 1.54) is 6.07 Å². The van der Waals surface area contributed by atoms with Crippen molar-refractivity contribution in [3.63, 3.8) is 0 Å². The molecule has 1 aromatic rings. The average molecular weight is 258 g/mol. The van der Waals surface area contributed by atoms with Gasteiger partial charge in [-0.3, -0.25) is 0 Å². The summed E-state index contributed by atoms with van der Waals surface area (Å²) in [4.78, 5) is 0.177. The Hall–Kier alpha value is -0.950. The lowest BCUT2D eigenvalue weighted by Crippen LogP contribution is -2.32. The van der Waals surface area contributed by atoms with Crippen molar-refractivity contribution in [1.82, 2.24) is 5.32 Å². The third-order valence-corrected chi connectivity index (χ3v) is 3.53. The van der Waals surface area contributed by atoms with Gasteiger partial charge in [0.05, 0.1) is 11.5 Å². The van der Waals surface area contributed by atoms with E-state index in [-0.39, 0.29) is 10.9 Å². The number of rotatable bonds is 6. The summed E-state index contributed by atoms with van der Waals surface area (Å²) in [7, 11) is -0.255. The number of sulfonamides is 1. The maximum atomic E-state index is 11.4. The third kappa shape index (κ3) is 4.08. The van der Waals surface area contributed by atoms with Crippen LogP contribution in [-0.4, -0.2) is 35.2 Å². The maximum Gasteiger partial charge on any atom is 0.238 e. The standard InChI is InChI=1S/C11H18N2O3S/c1-13-10(8-16-2)7-9-5-3-4-6-11(9)17(12,14)15/h3-6,10,13H,7-8H2,1-2H3,(H2,12,14,15). The fourth-order valence-corrected chi connectivity index (χ4v) is 2.45. The molecule has 96 valence electrons. The summed E-state index contributed by atoms with van der Waals surface area (Å²) in [6, 6.07) is 6.80. The second-order valence-electron chi connectivity index (χ2n) is 3.80. The lowest BCUT2D eigenvalue weighted by molar-refractivity contribution is 0.169. The number of hydrogen-bond donors (Lipinski definition) is 2. The summed E-state index contributed by atoms with van der Waals surface area (Å²) in [6.45, 7) is 0.509. The van der Waals surface area contributed by atoms with Gasteiger partial charge in [-0.05, 0) is 25.1 Å². The Balaban J connectivity index is 2.98. The fraction of sp³-hybridized carbons (Fsp3) is 0.455. The zero-order valence-electron chi connectivity index (χ0n) is 10.0. The van der Waals surface area contributed by atoms with Crippen LogP contribution in [0.4, 0.5) is 0 Å². The van der Waals surface area contributed by atoms with Crippen LogP contribution < -0.4 is 10.5 Å². The van der Waals surface area contributed by atoms with Crippen molar-refractivity contribution in [3.8, 4) is 0 Å². The monoisotopic (exact) mass is 258 g/mol. The minimum Gasteiger partial charge on any atom is -0.383 e. The molecule has 0 amide bonds. The Morgan fingerprint density at radius 3 is 2.59 bits per heavy atom. The molecule has 5 nitrogen and oxygen atoms in total. The molecule has 0 saturated carbocycles. The van der Waals surface area contributed by atoms with Gasteiger partial charge in [-0.25, -0.2) is 13.6 Å². The normalized spacial score (nSPS) is 13.6. The SMILES string of the molecule is CNC(COC)Cc1ccccc1S(N)(=O)=O. The summed E-state index contributed by atoms with van der Waals surface area (Å²) in [5.41, 5.74) is 0.700. The van der Waals surface area contributed by atoms with Gasteiger partial charge in [0.2, 0.25) is 10.0 Å². The second kappa shape index (κ2) is 6.11. The molecule has 0 aromatic heterocycles. The number of benzene rings is 1. The first kappa shape index (κ1) is 14.1. The van der Waals surface area contributed by atoms with Crippen molar-refractivity contribution >= 4 is 10.0 Å². The van der Waals surface area contributed by atoms with E-state index in [9.17, 15) is 8.42 Å². The van der Waals surface area contributed by atoms with Gasteiger partial charge in [-0.1, -0.05) is 18.2 Å². The van der Waals surface area contributed by atoms with Gasteiger partial charge in [0.15, 0.2) is 0 Å². The first-order chi connectivity index (χ1) is 7.99. The molecule has 3 N–H and O–H groups in total. The van der Waals surface area contributed by atoms with Crippen molar-refractivity contribution in [2.24, 2.45) is 5.14 Å². The Morgan fingerprint density at radius 1 is 1.41 bits per heavy atom. The molecular formula is C11H18N2O3S. The van der Waals surface area contributed by atoms with Gasteiger partial charge >= 0.3 is 0 Å². The van der Waals surface area contributed by atoms with Crippen LogP contribution in [0, 0.1) is 0 Å². The van der Waals surface area contributed by atoms with Crippen LogP contribution in [0.3, 0.4) is 0 Å². The molecule has 1 atom stereocenters. The van der Waals surface area contributed by atoms with Crippen molar-refractivity contribution < 1.29 is 13.2 Å². The van der Waals surface area contributed by atoms with Crippen LogP contribution in [0.5, 0.6) is 0 Å². The Morgan fingerprint density at radius 2 is 2.06 bits per heavy atom. The van der Waals surface area contributed by atoms with Gasteiger partial charge in [0, 0.05) is 13.2 Å². The highest BCUT2D eigenvalue weighted by atomic mass is 32.2. The molecule has 6 heteroatoms. The van der Waals surface area contributed by atoms with Crippen molar-refractivity contribution in [3.05, 3.63) is 29.8 Å². The Kier molecular flexibility index (Phi) is 5.07. The number of likely N-dealkylation sites (N-methyl/N-ethyl adjacent to an activating group) is 1. The van der Waals surface area contributed by atoms with Crippen LogP contribution in [-0.2, 0) is 21.2 Å². The predicted molar refractivity (Wildman–Crippen MR) is 66.2 cm³/mol. The van der Waals surface area contributed by atoms with Crippen LogP contribution in [0.1, 0.15) is 5.56 Å². The van der Waals surface area contributed by atoms with Crippen LogP contribution in [0.2, 0.25) is 0 Å². The number of nitrogens with one attached hydrogen (secondary N) is 1. The van der Waals surface area contributed by atoms with Crippen molar-refractivity contribution in [1.29, 1.82) is 0 Å². The minimum atomic E-state index is -3.67. The second-order valence-corrected chi connectivity index (χ2v) is 5.33. The molecule has 0 saturated heterocycles. The van der Waals surface area contributed by atoms with Crippen LogP contribution in [0.25, 0.3) is 0 Å². The smallest absolute Gasteiger partial charge is 0.238 e. The molecular weight excluding hydrogens is 240 g/mol. The third-order valence-electron chi connectivity index (χ3n) is 2.52. The number of ether oxygens (including phenoxy) is 1. The fourth-order valence-electron chi connectivity index (χ4n) is 1.66. The van der Waals surface area contributed by atoms with Gasteiger partial charge in [-0.15, -0.1) is 0 Å². The zero-order chi connectivity index (χ0) is 12.9. The summed E-state index contributed by atoms with van der Waals surface area (Å²) < 4.78 is 27.9. The zero-order valence-corrected chi connectivity index (χ0v) is 10.8. The Labute approximate surface area is 102 Å². The summed E-state index contributed by atoms with van der Waals surface area (Å²) in [5.74, 6) is 0. The van der Waals surface area contributed by atoms with Crippen molar-refractivity contribution in [2.45, 2.75) is 17.4 Å². The highest BCUT2D eigenvalue weighted by Crippen LogP contribution is 2.15. The average Bonchev–Trinajstić information content (AvgIpc) is 2.27. The maximum absolute atomic E-state index is 11.4. The van der Waals surface area contributed by atoms with Gasteiger partial charge in [-0.2, -0.15) is 0 Å². The molecule has 0 heterocycles. The molecule has 1 rings (SSSR count). The molecule has 0 aliphatic carbocycles. The van der Waals surface area contributed by atoms with E-state index in [0.29, 0.717) is 18.6 Å². The quantitative estimate of drug-likeness (QED) is 0.759.